The molecule has 0 aromatic carbocycles. The fourth-order valence-electron chi connectivity index (χ4n) is 5.80. The first-order valence-corrected chi connectivity index (χ1v) is 11.7. The van der Waals surface area contributed by atoms with Crippen LogP contribution in [0.2, 0.25) is 0 Å². The van der Waals surface area contributed by atoms with E-state index in [1.807, 2.05) is 14.1 Å². The van der Waals surface area contributed by atoms with Crippen LogP contribution in [0.1, 0.15) is 39.0 Å². The third-order valence-electron chi connectivity index (χ3n) is 7.51. The Hall–Kier alpha value is -0.710. The minimum atomic E-state index is -2.84. The van der Waals surface area contributed by atoms with Gasteiger partial charge in [0.05, 0.1) is 24.8 Å². The van der Waals surface area contributed by atoms with E-state index in [1.54, 1.807) is 0 Å². The predicted molar refractivity (Wildman–Crippen MR) is 115 cm³/mol. The molecule has 8 unspecified atom stereocenters. The summed E-state index contributed by atoms with van der Waals surface area (Å²) in [6.45, 7) is 3.71. The maximum atomic E-state index is 16.1. The van der Waals surface area contributed by atoms with Gasteiger partial charge in [0.1, 0.15) is 12.5 Å². The lowest BCUT2D eigenvalue weighted by atomic mass is 9.67. The third kappa shape index (κ3) is 5.12. The quantitative estimate of drug-likeness (QED) is 0.495. The first-order valence-electron chi connectivity index (χ1n) is 11.7. The number of halogens is 3. The van der Waals surface area contributed by atoms with Crippen LogP contribution in [-0.4, -0.2) is 81.4 Å². The molecule has 178 valence electrons. The van der Waals surface area contributed by atoms with Crippen molar-refractivity contribution < 1.29 is 17.9 Å². The molecule has 3 aliphatic heterocycles. The molecule has 3 fully saturated rings. The van der Waals surface area contributed by atoms with Crippen LogP contribution in [0.15, 0.2) is 11.6 Å². The molecule has 0 radical (unpaired) electrons. The standard InChI is InChI=1S/C22H38F3N5O/c1-13-11-17(26-2)29-21(27-13)28-16-12-15-20(31-10-7-22(15,24)25)18(19(16)23)14-5-4-8-30(3)9-6-14/h6,13,15-21,26-29H,4-5,7-12H2,1-3H3. The summed E-state index contributed by atoms with van der Waals surface area (Å²) in [5.74, 6) is -4.44. The van der Waals surface area contributed by atoms with Crippen molar-refractivity contribution in [2.45, 2.75) is 81.8 Å². The van der Waals surface area contributed by atoms with Crippen LogP contribution in [0.4, 0.5) is 13.2 Å². The lowest BCUT2D eigenvalue weighted by molar-refractivity contribution is -0.213. The Balaban J connectivity index is 1.58. The number of ether oxygens (including phenoxy) is 1. The van der Waals surface area contributed by atoms with Gasteiger partial charge in [0.15, 0.2) is 0 Å². The first-order chi connectivity index (χ1) is 14.8. The lowest BCUT2D eigenvalue weighted by Gasteiger charge is -2.51. The predicted octanol–water partition coefficient (Wildman–Crippen LogP) is 1.80. The molecule has 4 rings (SSSR count). The number of nitrogens with one attached hydrogen (secondary N) is 4. The van der Waals surface area contributed by atoms with Crippen LogP contribution in [-0.2, 0) is 4.74 Å². The number of alkyl halides is 3. The Labute approximate surface area is 183 Å². The second kappa shape index (κ2) is 9.65. The molecule has 9 heteroatoms. The van der Waals surface area contributed by atoms with Gasteiger partial charge < -0.3 is 15.0 Å². The number of likely N-dealkylation sites (N-methyl/N-ethyl adjacent to an activating group) is 1. The average molecular weight is 446 g/mol. The Morgan fingerprint density at radius 1 is 1.26 bits per heavy atom. The normalized spacial score (nSPS) is 44.3. The van der Waals surface area contributed by atoms with Crippen molar-refractivity contribution in [1.29, 1.82) is 0 Å². The van der Waals surface area contributed by atoms with Crippen molar-refractivity contribution in [1.82, 2.24) is 26.2 Å². The fraction of sp³-hybridized carbons (Fsp3) is 0.909. The molecule has 0 spiro atoms. The van der Waals surface area contributed by atoms with Gasteiger partial charge >= 0.3 is 0 Å². The van der Waals surface area contributed by atoms with E-state index >= 15 is 4.39 Å². The highest BCUT2D eigenvalue weighted by atomic mass is 19.3. The summed E-state index contributed by atoms with van der Waals surface area (Å²) in [5.41, 5.74) is 0.946. The van der Waals surface area contributed by atoms with E-state index in [0.717, 1.165) is 37.9 Å². The van der Waals surface area contributed by atoms with Crippen LogP contribution in [0.25, 0.3) is 0 Å². The number of fused-ring (bicyclic) bond motifs is 1. The monoisotopic (exact) mass is 445 g/mol. The highest BCUT2D eigenvalue weighted by molar-refractivity contribution is 5.19. The molecular weight excluding hydrogens is 407 g/mol. The summed E-state index contributed by atoms with van der Waals surface area (Å²) in [6.07, 6.45) is 2.07. The molecular formula is C22H38F3N5O. The molecule has 0 aromatic rings. The van der Waals surface area contributed by atoms with Gasteiger partial charge in [0, 0.05) is 31.0 Å². The number of rotatable bonds is 4. The van der Waals surface area contributed by atoms with Crippen molar-refractivity contribution in [3.8, 4) is 0 Å². The van der Waals surface area contributed by atoms with E-state index < -0.39 is 36.1 Å². The molecule has 31 heavy (non-hydrogen) atoms. The smallest absolute Gasteiger partial charge is 0.255 e. The van der Waals surface area contributed by atoms with E-state index in [2.05, 4.69) is 39.2 Å². The topological polar surface area (TPSA) is 60.6 Å². The highest BCUT2D eigenvalue weighted by Crippen LogP contribution is 2.49. The Bertz CT molecular complexity index is 651. The molecule has 0 bridgehead atoms. The average Bonchev–Trinajstić information content (AvgIpc) is 2.93. The van der Waals surface area contributed by atoms with Gasteiger partial charge in [-0.2, -0.15) is 0 Å². The van der Waals surface area contributed by atoms with Crippen LogP contribution < -0.4 is 21.3 Å². The van der Waals surface area contributed by atoms with Gasteiger partial charge in [0.2, 0.25) is 0 Å². The summed E-state index contributed by atoms with van der Waals surface area (Å²) in [4.78, 5) is 2.18. The fourth-order valence-corrected chi connectivity index (χ4v) is 5.80. The summed E-state index contributed by atoms with van der Waals surface area (Å²) < 4.78 is 51.9. The van der Waals surface area contributed by atoms with E-state index in [-0.39, 0.29) is 37.9 Å². The SMILES string of the molecule is CNC1CC(C)NC(NC2CC3C(OCCC3(F)F)C(C3=CCN(C)CCC3)C2F)N1. The van der Waals surface area contributed by atoms with Crippen molar-refractivity contribution in [3.05, 3.63) is 11.6 Å². The third-order valence-corrected chi connectivity index (χ3v) is 7.51. The Morgan fingerprint density at radius 2 is 2.06 bits per heavy atom. The number of hydrogen-bond donors (Lipinski definition) is 4. The van der Waals surface area contributed by atoms with Gasteiger partial charge in [-0.05, 0) is 53.2 Å². The molecule has 3 heterocycles. The van der Waals surface area contributed by atoms with Crippen LogP contribution in [0.3, 0.4) is 0 Å². The lowest BCUT2D eigenvalue weighted by Crippen LogP contribution is -2.70. The van der Waals surface area contributed by atoms with Crippen molar-refractivity contribution in [2.24, 2.45) is 11.8 Å². The zero-order chi connectivity index (χ0) is 22.2. The number of nitrogens with zero attached hydrogens (tertiary/aromatic N) is 1. The van der Waals surface area contributed by atoms with Gasteiger partial charge in [-0.25, -0.2) is 13.2 Å². The van der Waals surface area contributed by atoms with Crippen molar-refractivity contribution in [2.75, 3.05) is 33.8 Å². The summed E-state index contributed by atoms with van der Waals surface area (Å²) in [5, 5.41) is 13.3. The highest BCUT2D eigenvalue weighted by Gasteiger charge is 2.57. The molecule has 4 aliphatic rings. The second-order valence-electron chi connectivity index (χ2n) is 9.82. The zero-order valence-electron chi connectivity index (χ0n) is 18.8. The summed E-state index contributed by atoms with van der Waals surface area (Å²) in [6, 6.07) is -0.450. The Morgan fingerprint density at radius 3 is 2.84 bits per heavy atom. The summed E-state index contributed by atoms with van der Waals surface area (Å²) in [7, 11) is 3.91. The largest absolute Gasteiger partial charge is 0.377 e. The van der Waals surface area contributed by atoms with Gasteiger partial charge in [-0.3, -0.25) is 16.0 Å². The van der Waals surface area contributed by atoms with E-state index in [0.29, 0.717) is 0 Å². The van der Waals surface area contributed by atoms with Crippen LogP contribution in [0, 0.1) is 11.8 Å². The molecule has 4 N–H and O–H groups in total. The molecule has 6 nitrogen and oxygen atoms in total. The molecule has 2 saturated heterocycles. The van der Waals surface area contributed by atoms with Crippen LogP contribution in [0.5, 0.6) is 0 Å². The molecule has 0 aromatic heterocycles. The second-order valence-corrected chi connectivity index (χ2v) is 9.82. The van der Waals surface area contributed by atoms with Gasteiger partial charge in [-0.1, -0.05) is 11.6 Å². The molecule has 0 amide bonds. The minimum Gasteiger partial charge on any atom is -0.377 e. The minimum absolute atomic E-state index is 0.00420. The maximum absolute atomic E-state index is 16.1. The Kier molecular flexibility index (Phi) is 7.30. The molecule has 8 atom stereocenters. The molecule has 1 aliphatic carbocycles. The zero-order valence-corrected chi connectivity index (χ0v) is 18.8. The van der Waals surface area contributed by atoms with Crippen molar-refractivity contribution >= 4 is 0 Å². The summed E-state index contributed by atoms with van der Waals surface area (Å²) >= 11 is 0. The van der Waals surface area contributed by atoms with Crippen molar-refractivity contribution in [3.63, 3.8) is 0 Å². The first kappa shape index (κ1) is 23.4. The molecule has 1 saturated carbocycles. The van der Waals surface area contributed by atoms with E-state index in [9.17, 15) is 8.78 Å². The number of hydrogen-bond acceptors (Lipinski definition) is 6. The van der Waals surface area contributed by atoms with Crippen LogP contribution >= 0.6 is 0 Å². The van der Waals surface area contributed by atoms with E-state index in [1.165, 1.54) is 0 Å². The maximum Gasteiger partial charge on any atom is 0.255 e. The van der Waals surface area contributed by atoms with Gasteiger partial charge in [-0.15, -0.1) is 0 Å². The van der Waals surface area contributed by atoms with Gasteiger partial charge in [0.25, 0.3) is 5.92 Å². The van der Waals surface area contributed by atoms with E-state index in [4.69, 9.17) is 4.74 Å².